The third kappa shape index (κ3) is 5.75. The Bertz CT molecular complexity index is 1120. The normalized spacial score (nSPS) is 16.2. The lowest BCUT2D eigenvalue weighted by molar-refractivity contribution is -0.121. The van der Waals surface area contributed by atoms with Crippen LogP contribution in [0.4, 0.5) is 5.69 Å². The molecule has 1 aliphatic heterocycles. The molecule has 33 heavy (non-hydrogen) atoms. The second kappa shape index (κ2) is 10.9. The first kappa shape index (κ1) is 24.8. The number of rotatable bonds is 8. The van der Waals surface area contributed by atoms with Crippen molar-refractivity contribution in [2.24, 2.45) is 0 Å². The predicted octanol–water partition coefficient (Wildman–Crippen LogP) is 3.85. The summed E-state index contributed by atoms with van der Waals surface area (Å²) >= 11 is 6.30. The van der Waals surface area contributed by atoms with Crippen molar-refractivity contribution in [3.8, 4) is 0 Å². The summed E-state index contributed by atoms with van der Waals surface area (Å²) in [4.78, 5) is 26.4. The lowest BCUT2D eigenvalue weighted by Crippen LogP contribution is -2.49. The molecule has 0 spiro atoms. The molecule has 0 radical (unpaired) electrons. The Hall–Kier alpha value is -2.84. The molecule has 9 heteroatoms. The monoisotopic (exact) mass is 489 g/mol. The Labute approximate surface area is 200 Å². The van der Waals surface area contributed by atoms with Gasteiger partial charge in [0.2, 0.25) is 5.91 Å². The summed E-state index contributed by atoms with van der Waals surface area (Å²) in [5.74, 6) is -0.356. The molecule has 2 amide bonds. The van der Waals surface area contributed by atoms with Gasteiger partial charge in [0.25, 0.3) is 15.9 Å². The largest absolute Gasteiger partial charge is 0.352 e. The molecule has 7 nitrogen and oxygen atoms in total. The molecule has 2 aromatic carbocycles. The number of nitrogens with one attached hydrogen (secondary N) is 1. The number of carbonyl (C=O) groups excluding carboxylic acids is 2. The van der Waals surface area contributed by atoms with Crippen LogP contribution >= 0.6 is 11.6 Å². The van der Waals surface area contributed by atoms with Crippen LogP contribution in [0.15, 0.2) is 66.1 Å². The minimum Gasteiger partial charge on any atom is -0.352 e. The first-order chi connectivity index (χ1) is 15.8. The van der Waals surface area contributed by atoms with Crippen molar-refractivity contribution >= 4 is 39.1 Å². The third-order valence-electron chi connectivity index (χ3n) is 5.48. The van der Waals surface area contributed by atoms with Crippen LogP contribution in [-0.4, -0.2) is 50.8 Å². The van der Waals surface area contributed by atoms with E-state index in [1.165, 1.54) is 28.6 Å². The maximum absolute atomic E-state index is 13.5. The quantitative estimate of drug-likeness (QED) is 0.570. The van der Waals surface area contributed by atoms with E-state index in [0.29, 0.717) is 25.2 Å². The van der Waals surface area contributed by atoms with Gasteiger partial charge in [-0.05, 0) is 43.2 Å². The Morgan fingerprint density at radius 2 is 1.97 bits per heavy atom. The number of nitrogens with zero attached hydrogens (tertiary/aromatic N) is 2. The van der Waals surface area contributed by atoms with E-state index in [1.807, 2.05) is 0 Å². The minimum atomic E-state index is -4.06. The molecule has 0 saturated carbocycles. The first-order valence-corrected chi connectivity index (χ1v) is 12.7. The molecule has 1 heterocycles. The molecule has 1 N–H and O–H groups in total. The number of para-hydroxylation sites is 1. The Morgan fingerprint density at radius 1 is 1.24 bits per heavy atom. The smallest absolute Gasteiger partial charge is 0.266 e. The molecule has 0 aliphatic carbocycles. The molecule has 176 valence electrons. The fraction of sp³-hybridized carbons (Fsp3) is 0.333. The first-order valence-electron chi connectivity index (χ1n) is 10.8. The maximum Gasteiger partial charge on any atom is 0.266 e. The zero-order chi connectivity index (χ0) is 24.0. The minimum absolute atomic E-state index is 0.0308. The number of anilines is 1. The van der Waals surface area contributed by atoms with E-state index in [9.17, 15) is 18.0 Å². The summed E-state index contributed by atoms with van der Waals surface area (Å²) in [6.45, 7) is 6.41. The molecule has 0 aromatic heterocycles. The van der Waals surface area contributed by atoms with E-state index in [-0.39, 0.29) is 39.9 Å². The van der Waals surface area contributed by atoms with Gasteiger partial charge in [-0.25, -0.2) is 8.42 Å². The molecule has 0 bridgehead atoms. The van der Waals surface area contributed by atoms with Crippen LogP contribution in [0.1, 0.15) is 36.5 Å². The fourth-order valence-electron chi connectivity index (χ4n) is 3.80. The Kier molecular flexibility index (Phi) is 8.15. The number of hydrogen-bond acceptors (Lipinski definition) is 4. The molecule has 1 saturated heterocycles. The number of likely N-dealkylation sites (tertiary alicyclic amines) is 1. The average Bonchev–Trinajstić information content (AvgIpc) is 2.82. The second-order valence-corrected chi connectivity index (χ2v) is 10.1. The van der Waals surface area contributed by atoms with Crippen molar-refractivity contribution in [3.63, 3.8) is 0 Å². The van der Waals surface area contributed by atoms with Crippen molar-refractivity contribution in [1.82, 2.24) is 10.2 Å². The maximum atomic E-state index is 13.5. The van der Waals surface area contributed by atoms with Crippen molar-refractivity contribution in [2.45, 2.75) is 37.1 Å². The number of benzene rings is 2. The van der Waals surface area contributed by atoms with Gasteiger partial charge in [-0.15, -0.1) is 6.58 Å². The standard InChI is InChI=1S/C24H28ClN3O4S/c1-3-14-28(20-10-6-5-7-11-20)33(31,32)22-16-18(12-13-21(22)25)24(30)27-15-8-9-19(17-27)26-23(29)4-2/h3,5-7,10-13,16,19H,1,4,8-9,14-15,17H2,2H3,(H,26,29)/t19-/m0/s1. The lowest BCUT2D eigenvalue weighted by atomic mass is 10.0. The number of hydrogen-bond donors (Lipinski definition) is 1. The second-order valence-electron chi connectivity index (χ2n) is 7.82. The summed E-state index contributed by atoms with van der Waals surface area (Å²) in [5.41, 5.74) is 0.697. The summed E-state index contributed by atoms with van der Waals surface area (Å²) < 4.78 is 28.2. The van der Waals surface area contributed by atoms with Crippen molar-refractivity contribution in [1.29, 1.82) is 0 Å². The number of halogens is 1. The summed E-state index contributed by atoms with van der Waals surface area (Å²) in [6.07, 6.45) is 3.42. The molecule has 1 fully saturated rings. The zero-order valence-electron chi connectivity index (χ0n) is 18.5. The van der Waals surface area contributed by atoms with E-state index in [0.717, 1.165) is 12.8 Å². The molecule has 1 atom stereocenters. The van der Waals surface area contributed by atoms with Crippen LogP contribution < -0.4 is 9.62 Å². The van der Waals surface area contributed by atoms with Gasteiger partial charge < -0.3 is 10.2 Å². The highest BCUT2D eigenvalue weighted by molar-refractivity contribution is 7.93. The number of sulfonamides is 1. The van der Waals surface area contributed by atoms with Gasteiger partial charge in [-0.3, -0.25) is 13.9 Å². The zero-order valence-corrected chi connectivity index (χ0v) is 20.1. The van der Waals surface area contributed by atoms with Gasteiger partial charge in [0.1, 0.15) is 4.90 Å². The highest BCUT2D eigenvalue weighted by Gasteiger charge is 2.30. The van der Waals surface area contributed by atoms with Crippen LogP contribution in [0.5, 0.6) is 0 Å². The SMILES string of the molecule is C=CCN(c1ccccc1)S(=O)(=O)c1cc(C(=O)N2CCC[C@H](NC(=O)CC)C2)ccc1Cl. The molecule has 3 rings (SSSR count). The highest BCUT2D eigenvalue weighted by Crippen LogP contribution is 2.30. The molecular weight excluding hydrogens is 462 g/mol. The highest BCUT2D eigenvalue weighted by atomic mass is 35.5. The van der Waals surface area contributed by atoms with E-state index in [1.54, 1.807) is 42.2 Å². The van der Waals surface area contributed by atoms with Gasteiger partial charge >= 0.3 is 0 Å². The van der Waals surface area contributed by atoms with Gasteiger partial charge in [-0.2, -0.15) is 0 Å². The lowest BCUT2D eigenvalue weighted by Gasteiger charge is -2.33. The van der Waals surface area contributed by atoms with Gasteiger partial charge in [0, 0.05) is 31.1 Å². The van der Waals surface area contributed by atoms with Crippen LogP contribution in [-0.2, 0) is 14.8 Å². The molecular formula is C24H28ClN3O4S. The van der Waals surface area contributed by atoms with Crippen LogP contribution in [0.2, 0.25) is 5.02 Å². The van der Waals surface area contributed by atoms with Crippen molar-refractivity contribution in [2.75, 3.05) is 23.9 Å². The topological polar surface area (TPSA) is 86.8 Å². The van der Waals surface area contributed by atoms with E-state index < -0.39 is 10.0 Å². The average molecular weight is 490 g/mol. The Morgan fingerprint density at radius 3 is 2.64 bits per heavy atom. The van der Waals surface area contributed by atoms with E-state index in [2.05, 4.69) is 11.9 Å². The summed E-state index contributed by atoms with van der Waals surface area (Å²) in [7, 11) is -4.06. The van der Waals surface area contributed by atoms with Crippen molar-refractivity contribution < 1.29 is 18.0 Å². The third-order valence-corrected chi connectivity index (χ3v) is 7.76. The number of amides is 2. The summed E-state index contributed by atoms with van der Waals surface area (Å²) in [5, 5.41) is 2.96. The van der Waals surface area contributed by atoms with Gasteiger partial charge in [-0.1, -0.05) is 42.8 Å². The fourth-order valence-corrected chi connectivity index (χ4v) is 5.74. The van der Waals surface area contributed by atoms with Gasteiger partial charge in [0.05, 0.1) is 17.3 Å². The van der Waals surface area contributed by atoms with Crippen LogP contribution in [0.25, 0.3) is 0 Å². The summed E-state index contributed by atoms with van der Waals surface area (Å²) in [6, 6.07) is 12.8. The molecule has 2 aromatic rings. The van der Waals surface area contributed by atoms with E-state index in [4.69, 9.17) is 11.6 Å². The van der Waals surface area contributed by atoms with Crippen molar-refractivity contribution in [3.05, 3.63) is 71.8 Å². The van der Waals surface area contributed by atoms with Crippen LogP contribution in [0, 0.1) is 0 Å². The number of carbonyl (C=O) groups is 2. The van der Waals surface area contributed by atoms with Crippen LogP contribution in [0.3, 0.4) is 0 Å². The van der Waals surface area contributed by atoms with Gasteiger partial charge in [0.15, 0.2) is 0 Å². The molecule has 0 unspecified atom stereocenters. The molecule has 1 aliphatic rings. The van der Waals surface area contributed by atoms with E-state index >= 15 is 0 Å². The predicted molar refractivity (Wildman–Crippen MR) is 130 cm³/mol. The number of piperidine rings is 1. The Balaban J connectivity index is 1.90.